The number of hydrogen-bond donors (Lipinski definition) is 1. The number of anilines is 1. The lowest BCUT2D eigenvalue weighted by Crippen LogP contribution is -2.48. The van der Waals surface area contributed by atoms with Crippen LogP contribution >= 0.6 is 0 Å². The van der Waals surface area contributed by atoms with Crippen LogP contribution in [-0.4, -0.2) is 50.9 Å². The molecule has 166 valence electrons. The van der Waals surface area contributed by atoms with Gasteiger partial charge in [-0.2, -0.15) is 4.31 Å². The zero-order chi connectivity index (χ0) is 21.8. The molecular formula is C23H28FN3O3S. The molecule has 2 fully saturated rings. The summed E-state index contributed by atoms with van der Waals surface area (Å²) in [6.07, 6.45) is 5.38. The van der Waals surface area contributed by atoms with E-state index < -0.39 is 10.0 Å². The number of hydrogen-bond acceptors (Lipinski definition) is 4. The minimum atomic E-state index is -3.70. The highest BCUT2D eigenvalue weighted by molar-refractivity contribution is 7.89. The van der Waals surface area contributed by atoms with E-state index in [0.29, 0.717) is 31.7 Å². The first-order chi connectivity index (χ1) is 14.9. The molecule has 0 aromatic heterocycles. The Morgan fingerprint density at radius 3 is 2.29 bits per heavy atom. The Labute approximate surface area is 183 Å². The number of carbonyl (C=O) groups is 1. The lowest BCUT2D eigenvalue weighted by molar-refractivity contribution is 0.0927. The number of sulfonamides is 1. The third-order valence-corrected chi connectivity index (χ3v) is 8.00. The standard InChI is InChI=1S/C23H28FN3O3S/c24-19-9-11-21(12-10-19)26-13-15-27(16-14-26)31(29,30)22-8-4-5-18(17-22)23(28)25-20-6-2-1-3-7-20/h4-5,8-12,17,20H,1-3,6-7,13-16H2,(H,25,28). The number of nitrogens with one attached hydrogen (secondary N) is 1. The van der Waals surface area contributed by atoms with Crippen molar-refractivity contribution in [2.24, 2.45) is 0 Å². The average molecular weight is 446 g/mol. The quantitative estimate of drug-likeness (QED) is 0.766. The Hall–Kier alpha value is -2.45. The maximum atomic E-state index is 13.2. The predicted molar refractivity (Wildman–Crippen MR) is 118 cm³/mol. The molecule has 1 saturated heterocycles. The summed E-state index contributed by atoms with van der Waals surface area (Å²) in [7, 11) is -3.70. The van der Waals surface area contributed by atoms with Crippen LogP contribution in [0.2, 0.25) is 0 Å². The zero-order valence-corrected chi connectivity index (χ0v) is 18.3. The zero-order valence-electron chi connectivity index (χ0n) is 17.5. The first-order valence-corrected chi connectivity index (χ1v) is 12.3. The van der Waals surface area contributed by atoms with E-state index in [-0.39, 0.29) is 22.7 Å². The summed E-state index contributed by atoms with van der Waals surface area (Å²) in [5.41, 5.74) is 1.25. The smallest absolute Gasteiger partial charge is 0.251 e. The maximum Gasteiger partial charge on any atom is 0.251 e. The van der Waals surface area contributed by atoms with Crippen molar-refractivity contribution in [2.45, 2.75) is 43.0 Å². The van der Waals surface area contributed by atoms with Gasteiger partial charge in [0.25, 0.3) is 5.91 Å². The molecule has 1 heterocycles. The van der Waals surface area contributed by atoms with Crippen molar-refractivity contribution in [3.05, 3.63) is 59.9 Å². The second-order valence-corrected chi connectivity index (χ2v) is 10.1. The number of rotatable bonds is 5. The second kappa shape index (κ2) is 9.36. The van der Waals surface area contributed by atoms with E-state index in [1.807, 2.05) is 4.90 Å². The fourth-order valence-corrected chi connectivity index (χ4v) is 5.77. The first-order valence-electron chi connectivity index (χ1n) is 10.8. The number of carbonyl (C=O) groups excluding carboxylic acids is 1. The van der Waals surface area contributed by atoms with Gasteiger partial charge in [-0.15, -0.1) is 0 Å². The van der Waals surface area contributed by atoms with Crippen LogP contribution in [0.1, 0.15) is 42.5 Å². The molecule has 0 unspecified atom stereocenters. The highest BCUT2D eigenvalue weighted by Crippen LogP contribution is 2.23. The van der Waals surface area contributed by atoms with Crippen molar-refractivity contribution in [1.82, 2.24) is 9.62 Å². The summed E-state index contributed by atoms with van der Waals surface area (Å²) in [6.45, 7) is 1.70. The normalized spacial score (nSPS) is 18.7. The van der Waals surface area contributed by atoms with E-state index in [2.05, 4.69) is 5.32 Å². The molecule has 2 aromatic rings. The van der Waals surface area contributed by atoms with Crippen LogP contribution in [0.3, 0.4) is 0 Å². The molecule has 1 saturated carbocycles. The molecule has 4 rings (SSSR count). The number of piperazine rings is 1. The van der Waals surface area contributed by atoms with Gasteiger partial charge in [0.2, 0.25) is 10.0 Å². The molecule has 1 amide bonds. The summed E-state index contributed by atoms with van der Waals surface area (Å²) in [4.78, 5) is 14.8. The monoisotopic (exact) mass is 445 g/mol. The summed E-state index contributed by atoms with van der Waals surface area (Å²) in [5.74, 6) is -0.512. The molecule has 0 bridgehead atoms. The number of amides is 1. The SMILES string of the molecule is O=C(NC1CCCCC1)c1cccc(S(=O)(=O)N2CCN(c3ccc(F)cc3)CC2)c1. The third kappa shape index (κ3) is 5.07. The lowest BCUT2D eigenvalue weighted by atomic mass is 9.95. The van der Waals surface area contributed by atoms with Gasteiger partial charge in [0, 0.05) is 43.5 Å². The van der Waals surface area contributed by atoms with E-state index in [4.69, 9.17) is 0 Å². The highest BCUT2D eigenvalue weighted by atomic mass is 32.2. The number of benzene rings is 2. The molecular weight excluding hydrogens is 417 g/mol. The van der Waals surface area contributed by atoms with Crippen LogP contribution in [0.4, 0.5) is 10.1 Å². The fourth-order valence-electron chi connectivity index (χ4n) is 4.30. The van der Waals surface area contributed by atoms with Gasteiger partial charge in [-0.25, -0.2) is 12.8 Å². The van der Waals surface area contributed by atoms with E-state index in [0.717, 1.165) is 31.4 Å². The van der Waals surface area contributed by atoms with E-state index >= 15 is 0 Å². The molecule has 0 atom stereocenters. The van der Waals surface area contributed by atoms with Gasteiger partial charge in [-0.05, 0) is 55.3 Å². The molecule has 6 nitrogen and oxygen atoms in total. The van der Waals surface area contributed by atoms with Gasteiger partial charge >= 0.3 is 0 Å². The summed E-state index contributed by atoms with van der Waals surface area (Å²) in [5, 5.41) is 3.04. The fraction of sp³-hybridized carbons (Fsp3) is 0.435. The van der Waals surface area contributed by atoms with Crippen molar-refractivity contribution >= 4 is 21.6 Å². The van der Waals surface area contributed by atoms with Crippen LogP contribution in [0, 0.1) is 5.82 Å². The average Bonchev–Trinajstić information content (AvgIpc) is 2.80. The molecule has 2 aromatic carbocycles. The maximum absolute atomic E-state index is 13.2. The van der Waals surface area contributed by atoms with Gasteiger partial charge in [-0.3, -0.25) is 4.79 Å². The Bertz CT molecular complexity index is 1010. The second-order valence-electron chi connectivity index (χ2n) is 8.20. The first kappa shape index (κ1) is 21.8. The van der Waals surface area contributed by atoms with E-state index in [1.165, 1.54) is 28.9 Å². The molecule has 31 heavy (non-hydrogen) atoms. The van der Waals surface area contributed by atoms with Crippen LogP contribution < -0.4 is 10.2 Å². The summed E-state index contributed by atoms with van der Waals surface area (Å²) in [6, 6.07) is 12.7. The predicted octanol–water partition coefficient (Wildman–Crippen LogP) is 3.40. The van der Waals surface area contributed by atoms with E-state index in [9.17, 15) is 17.6 Å². The Kier molecular flexibility index (Phi) is 6.57. The number of nitrogens with zero attached hydrogens (tertiary/aromatic N) is 2. The minimum Gasteiger partial charge on any atom is -0.369 e. The van der Waals surface area contributed by atoms with Crippen molar-refractivity contribution < 1.29 is 17.6 Å². The van der Waals surface area contributed by atoms with Crippen molar-refractivity contribution in [2.75, 3.05) is 31.1 Å². The third-order valence-electron chi connectivity index (χ3n) is 6.10. The van der Waals surface area contributed by atoms with Gasteiger partial charge in [0.05, 0.1) is 4.90 Å². The molecule has 1 aliphatic heterocycles. The van der Waals surface area contributed by atoms with Gasteiger partial charge in [-0.1, -0.05) is 25.3 Å². The van der Waals surface area contributed by atoms with Crippen LogP contribution in [-0.2, 0) is 10.0 Å². The van der Waals surface area contributed by atoms with Crippen LogP contribution in [0.25, 0.3) is 0 Å². The van der Waals surface area contributed by atoms with Gasteiger partial charge in [0.15, 0.2) is 0 Å². The topological polar surface area (TPSA) is 69.7 Å². The van der Waals surface area contributed by atoms with Gasteiger partial charge < -0.3 is 10.2 Å². The Morgan fingerprint density at radius 2 is 1.61 bits per heavy atom. The Balaban J connectivity index is 1.42. The van der Waals surface area contributed by atoms with E-state index in [1.54, 1.807) is 30.3 Å². The molecule has 1 aliphatic carbocycles. The molecule has 0 spiro atoms. The minimum absolute atomic E-state index is 0.138. The van der Waals surface area contributed by atoms with Gasteiger partial charge in [0.1, 0.15) is 5.82 Å². The highest BCUT2D eigenvalue weighted by Gasteiger charge is 2.29. The van der Waals surface area contributed by atoms with Crippen molar-refractivity contribution in [3.8, 4) is 0 Å². The molecule has 0 radical (unpaired) electrons. The summed E-state index contributed by atoms with van der Waals surface area (Å²) < 4.78 is 40.9. The van der Waals surface area contributed by atoms with Crippen LogP contribution in [0.5, 0.6) is 0 Å². The van der Waals surface area contributed by atoms with Crippen molar-refractivity contribution in [3.63, 3.8) is 0 Å². The summed E-state index contributed by atoms with van der Waals surface area (Å²) >= 11 is 0. The molecule has 8 heteroatoms. The Morgan fingerprint density at radius 1 is 0.935 bits per heavy atom. The van der Waals surface area contributed by atoms with Crippen molar-refractivity contribution in [1.29, 1.82) is 0 Å². The largest absolute Gasteiger partial charge is 0.369 e. The number of halogens is 1. The molecule has 2 aliphatic rings. The molecule has 1 N–H and O–H groups in total. The van der Waals surface area contributed by atoms with Crippen LogP contribution in [0.15, 0.2) is 53.4 Å². The lowest BCUT2D eigenvalue weighted by Gasteiger charge is -2.35.